The smallest absolute Gasteiger partial charge is 0.435 e. The maximum atomic E-state index is 12.1. The number of benzene rings is 2. The maximum absolute atomic E-state index is 12.1. The minimum absolute atomic E-state index is 0.0372. The van der Waals surface area contributed by atoms with Crippen molar-refractivity contribution >= 4 is 63.9 Å². The van der Waals surface area contributed by atoms with E-state index in [1.807, 2.05) is 0 Å². The van der Waals surface area contributed by atoms with Gasteiger partial charge in [-0.25, -0.2) is 24.5 Å². The monoisotopic (exact) mass is 889 g/mol. The number of rotatable bonds is 10. The number of nitrogen functional groups attached to an aromatic ring is 1. The van der Waals surface area contributed by atoms with Crippen molar-refractivity contribution in [2.45, 2.75) is 59.2 Å². The molecule has 0 spiro atoms. The van der Waals surface area contributed by atoms with Crippen LogP contribution in [0.4, 0.5) is 49.7 Å². The van der Waals surface area contributed by atoms with Crippen LogP contribution in [0.2, 0.25) is 5.28 Å². The summed E-state index contributed by atoms with van der Waals surface area (Å²) in [5.74, 6) is 1.76. The summed E-state index contributed by atoms with van der Waals surface area (Å²) in [6, 6.07) is 13.7. The van der Waals surface area contributed by atoms with E-state index < -0.39 is 33.2 Å². The Labute approximate surface area is 364 Å². The fraction of sp³-hybridized carbons (Fsp3) is 0.282. The molecule has 0 bridgehead atoms. The highest BCUT2D eigenvalue weighted by molar-refractivity contribution is 6.28. The second-order valence-corrected chi connectivity index (χ2v) is 15.1. The molecule has 0 saturated carbocycles. The first-order chi connectivity index (χ1) is 29.6. The minimum Gasteiger partial charge on any atom is -0.497 e. The van der Waals surface area contributed by atoms with Gasteiger partial charge in [-0.05, 0) is 107 Å². The molecule has 0 amide bonds. The number of nitrogens with two attached hydrogens (primary N) is 1. The van der Waals surface area contributed by atoms with Crippen molar-refractivity contribution < 1.29 is 38.4 Å². The molecule has 0 atom stereocenters. The van der Waals surface area contributed by atoms with Gasteiger partial charge in [0.05, 0.1) is 48.3 Å². The van der Waals surface area contributed by atoms with Gasteiger partial charge in [0.25, 0.3) is 0 Å². The number of hydrogen-bond donors (Lipinski definition) is 3. The van der Waals surface area contributed by atoms with E-state index in [0.717, 1.165) is 21.8 Å². The zero-order valence-electron chi connectivity index (χ0n) is 35.3. The van der Waals surface area contributed by atoms with E-state index in [9.17, 15) is 29.8 Å². The van der Waals surface area contributed by atoms with Crippen molar-refractivity contribution in [3.05, 3.63) is 123 Å². The fourth-order valence-electron chi connectivity index (χ4n) is 4.71. The van der Waals surface area contributed by atoms with Gasteiger partial charge in [0.15, 0.2) is 0 Å². The summed E-state index contributed by atoms with van der Waals surface area (Å²) < 4.78 is 22.6. The van der Waals surface area contributed by atoms with E-state index in [1.165, 1.54) is 24.8 Å². The standard InChI is InChI=1S/C20H22N6O5.C11H9ClN4O3.C8H13N3O2/c1-20(2,3)31-19(27)25-12-13(10-22-25)9-17-21-11-16(26(28)29)18(24-17)23-14-5-7-15(30-4)8-6-14;1-19-8-4-2-7(3-5-8)14-10-9(16(17)18)6-13-11(12)15-10;1-8(2,3)13-7(12)11-5-6(9)4-10-11/h5-8,10-12H,9H2,1-4H3,(H,21,23,24);2-6H,1H3,(H,13,14,15);4-5H,9H2,1-3H3. The number of hydrogen-bond acceptors (Lipinski definition) is 19. The molecule has 6 rings (SSSR count). The second-order valence-electron chi connectivity index (χ2n) is 14.8. The van der Waals surface area contributed by atoms with Crippen LogP contribution in [-0.4, -0.2) is 87.0 Å². The first-order valence-corrected chi connectivity index (χ1v) is 18.8. The summed E-state index contributed by atoms with van der Waals surface area (Å²) >= 11 is 5.63. The molecule has 4 aromatic heterocycles. The fourth-order valence-corrected chi connectivity index (χ4v) is 4.85. The van der Waals surface area contributed by atoms with Gasteiger partial charge in [0, 0.05) is 24.0 Å². The van der Waals surface area contributed by atoms with Gasteiger partial charge in [-0.15, -0.1) is 0 Å². The number of carbonyl (C=O) groups is 2. The van der Waals surface area contributed by atoms with Gasteiger partial charge in [0.1, 0.15) is 40.9 Å². The lowest BCUT2D eigenvalue weighted by molar-refractivity contribution is -0.384. The van der Waals surface area contributed by atoms with E-state index in [2.05, 4.69) is 40.8 Å². The predicted octanol–water partition coefficient (Wildman–Crippen LogP) is 7.75. The zero-order valence-corrected chi connectivity index (χ0v) is 36.1. The highest BCUT2D eigenvalue weighted by atomic mass is 35.5. The predicted molar refractivity (Wildman–Crippen MR) is 230 cm³/mol. The van der Waals surface area contributed by atoms with Crippen molar-refractivity contribution in [3.8, 4) is 11.5 Å². The second kappa shape index (κ2) is 21.0. The van der Waals surface area contributed by atoms with E-state index in [-0.39, 0.29) is 34.7 Å². The molecule has 2 aromatic carbocycles. The molecular formula is C39H44ClN13O10. The van der Waals surface area contributed by atoms with Gasteiger partial charge in [-0.1, -0.05) is 0 Å². The Bertz CT molecular complexity index is 2520. The molecule has 24 heteroatoms. The van der Waals surface area contributed by atoms with Gasteiger partial charge >= 0.3 is 23.6 Å². The Morgan fingerprint density at radius 1 is 0.698 bits per heavy atom. The van der Waals surface area contributed by atoms with Crippen LogP contribution in [0, 0.1) is 20.2 Å². The number of ether oxygens (including phenoxy) is 4. The van der Waals surface area contributed by atoms with E-state index in [4.69, 9.17) is 36.3 Å². The lowest BCUT2D eigenvalue weighted by Crippen LogP contribution is -2.27. The summed E-state index contributed by atoms with van der Waals surface area (Å²) in [6.45, 7) is 10.7. The molecule has 23 nitrogen and oxygen atoms in total. The number of halogens is 1. The zero-order chi connectivity index (χ0) is 46.5. The SMILES string of the molecule is CC(C)(C)OC(=O)n1cc(N)cn1.COc1ccc(Nc2nc(Cc3cnn(C(=O)OC(C)(C)C)c3)ncc2[N+](=O)[O-])cc1.COc1ccc(Nc2nc(Cl)ncc2[N+](=O)[O-])cc1. The molecule has 4 N–H and O–H groups in total. The molecule has 0 saturated heterocycles. The molecule has 332 valence electrons. The molecule has 0 aliphatic rings. The molecule has 0 fully saturated rings. The van der Waals surface area contributed by atoms with Crippen LogP contribution in [0.3, 0.4) is 0 Å². The third-order valence-corrected chi connectivity index (χ3v) is 7.60. The molecule has 0 aliphatic heterocycles. The Hall–Kier alpha value is -7.95. The number of nitrogens with zero attached hydrogens (tertiary/aromatic N) is 10. The summed E-state index contributed by atoms with van der Waals surface area (Å²) in [5, 5.41) is 35.6. The Kier molecular flexibility index (Phi) is 15.9. The van der Waals surface area contributed by atoms with Crippen molar-refractivity contribution in [1.29, 1.82) is 0 Å². The van der Waals surface area contributed by atoms with Crippen molar-refractivity contribution in [1.82, 2.24) is 39.5 Å². The lowest BCUT2D eigenvalue weighted by Gasteiger charge is -2.18. The molecule has 4 heterocycles. The van der Waals surface area contributed by atoms with Gasteiger partial charge in [0.2, 0.25) is 16.9 Å². The molecule has 63 heavy (non-hydrogen) atoms. The quantitative estimate of drug-likeness (QED) is 0.0672. The van der Waals surface area contributed by atoms with Crippen LogP contribution < -0.4 is 25.8 Å². The topological polar surface area (TPSA) is 295 Å². The van der Waals surface area contributed by atoms with E-state index >= 15 is 0 Å². The van der Waals surface area contributed by atoms with Crippen LogP contribution in [-0.2, 0) is 15.9 Å². The third kappa shape index (κ3) is 15.2. The average Bonchev–Trinajstić information content (AvgIpc) is 3.87. The molecule has 6 aromatic rings. The third-order valence-electron chi connectivity index (χ3n) is 7.42. The summed E-state index contributed by atoms with van der Waals surface area (Å²) in [6.07, 6.45) is 7.10. The largest absolute Gasteiger partial charge is 0.497 e. The van der Waals surface area contributed by atoms with Crippen LogP contribution in [0.5, 0.6) is 11.5 Å². The molecule has 0 unspecified atom stereocenters. The maximum Gasteiger partial charge on any atom is 0.435 e. The average molecular weight is 890 g/mol. The Balaban J connectivity index is 0.000000230. The number of nitrogens with one attached hydrogen (secondary N) is 2. The summed E-state index contributed by atoms with van der Waals surface area (Å²) in [7, 11) is 3.10. The number of methoxy groups -OCH3 is 2. The number of carbonyl (C=O) groups excluding carboxylic acids is 2. The van der Waals surface area contributed by atoms with Crippen molar-refractivity contribution in [2.24, 2.45) is 0 Å². The normalized spacial score (nSPS) is 10.8. The molecule has 0 radical (unpaired) electrons. The number of aromatic nitrogens is 8. The Morgan fingerprint density at radius 3 is 1.57 bits per heavy atom. The van der Waals surface area contributed by atoms with Gasteiger partial charge in [-0.3, -0.25) is 20.2 Å². The van der Waals surface area contributed by atoms with Crippen molar-refractivity contribution in [3.63, 3.8) is 0 Å². The van der Waals surface area contributed by atoms with E-state index in [1.54, 1.807) is 104 Å². The van der Waals surface area contributed by atoms with E-state index in [0.29, 0.717) is 39.9 Å². The molecular weight excluding hydrogens is 846 g/mol. The number of nitro groups is 2. The minimum atomic E-state index is -0.646. The Morgan fingerprint density at radius 2 is 1.14 bits per heavy atom. The summed E-state index contributed by atoms with van der Waals surface area (Å²) in [4.78, 5) is 60.2. The van der Waals surface area contributed by atoms with Gasteiger partial charge < -0.3 is 35.3 Å². The lowest BCUT2D eigenvalue weighted by atomic mass is 10.2. The highest BCUT2D eigenvalue weighted by Crippen LogP contribution is 2.28. The first kappa shape index (κ1) is 47.7. The highest BCUT2D eigenvalue weighted by Gasteiger charge is 2.22. The van der Waals surface area contributed by atoms with Crippen LogP contribution in [0.1, 0.15) is 52.9 Å². The number of anilines is 5. The first-order valence-electron chi connectivity index (χ1n) is 18.4. The van der Waals surface area contributed by atoms with Crippen LogP contribution in [0.25, 0.3) is 0 Å². The molecule has 0 aliphatic carbocycles. The van der Waals surface area contributed by atoms with Crippen LogP contribution in [0.15, 0.2) is 85.7 Å². The van der Waals surface area contributed by atoms with Gasteiger partial charge in [-0.2, -0.15) is 24.5 Å². The summed E-state index contributed by atoms with van der Waals surface area (Å²) in [5.41, 5.74) is 6.03. The van der Waals surface area contributed by atoms with Crippen molar-refractivity contribution in [2.75, 3.05) is 30.6 Å². The van der Waals surface area contributed by atoms with Crippen LogP contribution >= 0.6 is 11.6 Å².